The van der Waals surface area contributed by atoms with Crippen molar-refractivity contribution in [1.29, 1.82) is 0 Å². The van der Waals surface area contributed by atoms with Crippen LogP contribution >= 0.6 is 0 Å². The van der Waals surface area contributed by atoms with Crippen LogP contribution in [0.15, 0.2) is 61.1 Å². The van der Waals surface area contributed by atoms with E-state index in [-0.39, 0.29) is 0 Å². The molecule has 0 spiro atoms. The van der Waals surface area contributed by atoms with Crippen LogP contribution in [0.3, 0.4) is 0 Å². The van der Waals surface area contributed by atoms with Gasteiger partial charge >= 0.3 is 7.40 Å². The summed E-state index contributed by atoms with van der Waals surface area (Å²) >= 11 is 0. The molecule has 0 amide bonds. The third-order valence-electron chi connectivity index (χ3n) is 3.59. The molecule has 4 rings (SSSR count). The smallest absolute Gasteiger partial charge is 0.331 e. The maximum atomic E-state index is 13.2. The summed E-state index contributed by atoms with van der Waals surface area (Å²) in [7, 11) is -2.57. The maximum Gasteiger partial charge on any atom is 0.677 e. The van der Waals surface area contributed by atoms with Crippen LogP contribution in [-0.2, 0) is 0 Å². The summed E-state index contributed by atoms with van der Waals surface area (Å²) in [5.74, 6) is 0. The first-order chi connectivity index (χ1) is 10.2. The summed E-state index contributed by atoms with van der Waals surface area (Å²) in [6.07, 6.45) is 5.15. The number of pyridine rings is 1. The summed E-state index contributed by atoms with van der Waals surface area (Å²) in [6.45, 7) is 0. The number of rotatable bonds is 2. The van der Waals surface area contributed by atoms with Crippen molar-refractivity contribution < 1.29 is 8.63 Å². The van der Waals surface area contributed by atoms with E-state index in [1.54, 1.807) is 6.07 Å². The second-order valence-corrected chi connectivity index (χ2v) is 4.84. The van der Waals surface area contributed by atoms with Gasteiger partial charge in [-0.05, 0) is 29.8 Å². The molecule has 0 saturated heterocycles. The highest BCUT2D eigenvalue weighted by Crippen LogP contribution is 2.29. The van der Waals surface area contributed by atoms with E-state index >= 15 is 0 Å². The van der Waals surface area contributed by atoms with Gasteiger partial charge in [-0.15, -0.1) is 0 Å². The molecule has 6 heteroatoms. The Morgan fingerprint density at radius 3 is 2.67 bits per heavy atom. The Balaban J connectivity index is 2.03. The number of hydrogen-bond donors (Lipinski definition) is 0. The van der Waals surface area contributed by atoms with Gasteiger partial charge in [-0.1, -0.05) is 24.3 Å². The van der Waals surface area contributed by atoms with Crippen LogP contribution in [0.5, 0.6) is 0 Å². The third-order valence-corrected chi connectivity index (χ3v) is 3.59. The number of halogens is 2. The Labute approximate surface area is 119 Å². The summed E-state index contributed by atoms with van der Waals surface area (Å²) in [6, 6.07) is 12.9. The van der Waals surface area contributed by atoms with Crippen molar-refractivity contribution in [3.8, 4) is 11.3 Å². The van der Waals surface area contributed by atoms with Crippen molar-refractivity contribution in [3.63, 3.8) is 0 Å². The molecule has 0 aliphatic heterocycles. The standard InChI is InChI=1S/C15H10BF2N3/c17-16(18)21-9-7-11-4-3-5-12(15(11)21)13-10-20-8-2-1-6-14(20)19-13/h1-10H. The molecule has 102 valence electrons. The molecule has 0 aliphatic carbocycles. The molecule has 4 aromatic rings. The molecule has 21 heavy (non-hydrogen) atoms. The van der Waals surface area contributed by atoms with E-state index in [9.17, 15) is 8.63 Å². The monoisotopic (exact) mass is 281 g/mol. The van der Waals surface area contributed by atoms with Crippen molar-refractivity contribution >= 4 is 24.0 Å². The molecule has 3 aromatic heterocycles. The molecule has 0 saturated carbocycles. The molecule has 0 radical (unpaired) electrons. The zero-order valence-corrected chi connectivity index (χ0v) is 10.9. The SMILES string of the molecule is FB(F)n1ccc2cccc(-c3cn4ccccc4n3)c21. The van der Waals surface area contributed by atoms with E-state index in [1.165, 1.54) is 6.20 Å². The molecule has 0 N–H and O–H groups in total. The third kappa shape index (κ3) is 1.83. The van der Waals surface area contributed by atoms with Gasteiger partial charge in [0, 0.05) is 23.5 Å². The highest BCUT2D eigenvalue weighted by atomic mass is 19.2. The Kier molecular flexibility index (Phi) is 2.57. The molecule has 3 nitrogen and oxygen atoms in total. The largest absolute Gasteiger partial charge is 0.677 e. The lowest BCUT2D eigenvalue weighted by Gasteiger charge is -2.05. The van der Waals surface area contributed by atoms with Gasteiger partial charge in [0.15, 0.2) is 0 Å². The average Bonchev–Trinajstić information content (AvgIpc) is 3.10. The van der Waals surface area contributed by atoms with Gasteiger partial charge in [0.1, 0.15) is 5.65 Å². The van der Waals surface area contributed by atoms with E-state index in [0.717, 1.165) is 15.5 Å². The predicted molar refractivity (Wildman–Crippen MR) is 79.5 cm³/mol. The minimum atomic E-state index is -2.57. The summed E-state index contributed by atoms with van der Waals surface area (Å²) in [5.41, 5.74) is 2.70. The fourth-order valence-electron chi connectivity index (χ4n) is 2.65. The fourth-order valence-corrected chi connectivity index (χ4v) is 2.65. The molecule has 0 aliphatic rings. The highest BCUT2D eigenvalue weighted by molar-refractivity contribution is 6.42. The zero-order valence-electron chi connectivity index (χ0n) is 10.9. The second-order valence-electron chi connectivity index (χ2n) is 4.84. The molecule has 0 atom stereocenters. The number of hydrogen-bond acceptors (Lipinski definition) is 1. The van der Waals surface area contributed by atoms with Crippen LogP contribution < -0.4 is 0 Å². The minimum Gasteiger partial charge on any atom is -0.331 e. The van der Waals surface area contributed by atoms with Crippen molar-refractivity contribution in [1.82, 2.24) is 13.9 Å². The van der Waals surface area contributed by atoms with Crippen molar-refractivity contribution in [2.75, 3.05) is 0 Å². The average molecular weight is 281 g/mol. The lowest BCUT2D eigenvalue weighted by molar-refractivity contribution is 0.635. The Hall–Kier alpha value is -2.63. The van der Waals surface area contributed by atoms with E-state index in [2.05, 4.69) is 4.98 Å². The topological polar surface area (TPSA) is 22.2 Å². The van der Waals surface area contributed by atoms with Gasteiger partial charge in [-0.3, -0.25) is 8.63 Å². The lowest BCUT2D eigenvalue weighted by Crippen LogP contribution is -2.11. The molecular weight excluding hydrogens is 271 g/mol. The summed E-state index contributed by atoms with van der Waals surface area (Å²) in [4.78, 5) is 4.52. The van der Waals surface area contributed by atoms with Crippen LogP contribution in [0.4, 0.5) is 8.63 Å². The van der Waals surface area contributed by atoms with Crippen LogP contribution in [0.1, 0.15) is 0 Å². The quantitative estimate of drug-likeness (QED) is 0.513. The van der Waals surface area contributed by atoms with Crippen molar-refractivity contribution in [3.05, 3.63) is 61.1 Å². The number of aromatic nitrogens is 3. The lowest BCUT2D eigenvalue weighted by atomic mass is 10.1. The molecular formula is C15H10BF2N3. The van der Waals surface area contributed by atoms with Crippen molar-refractivity contribution in [2.45, 2.75) is 0 Å². The van der Waals surface area contributed by atoms with E-state index in [4.69, 9.17) is 0 Å². The number of imidazole rings is 1. The van der Waals surface area contributed by atoms with E-state index in [1.807, 2.05) is 53.2 Å². The predicted octanol–water partition coefficient (Wildman–Crippen LogP) is 3.73. The Morgan fingerprint density at radius 1 is 0.952 bits per heavy atom. The first-order valence-corrected chi connectivity index (χ1v) is 6.56. The maximum absolute atomic E-state index is 13.2. The van der Waals surface area contributed by atoms with Gasteiger partial charge in [0.2, 0.25) is 0 Å². The Morgan fingerprint density at radius 2 is 1.86 bits per heavy atom. The molecule has 0 fully saturated rings. The van der Waals surface area contributed by atoms with Crippen molar-refractivity contribution in [2.24, 2.45) is 0 Å². The molecule has 0 unspecified atom stereocenters. The second kappa shape index (κ2) is 4.44. The van der Waals surface area contributed by atoms with Gasteiger partial charge in [-0.25, -0.2) is 4.98 Å². The first kappa shape index (κ1) is 12.1. The molecule has 3 heterocycles. The van der Waals surface area contributed by atoms with Gasteiger partial charge < -0.3 is 8.88 Å². The van der Waals surface area contributed by atoms with Gasteiger partial charge in [0.25, 0.3) is 0 Å². The van der Waals surface area contributed by atoms with Gasteiger partial charge in [-0.2, -0.15) is 0 Å². The van der Waals surface area contributed by atoms with Crippen LogP contribution in [0.2, 0.25) is 0 Å². The number of para-hydroxylation sites is 1. The molecule has 1 aromatic carbocycles. The first-order valence-electron chi connectivity index (χ1n) is 6.56. The van der Waals surface area contributed by atoms with Crippen LogP contribution in [-0.4, -0.2) is 21.3 Å². The molecule has 0 bridgehead atoms. The zero-order chi connectivity index (χ0) is 14.4. The number of fused-ring (bicyclic) bond motifs is 2. The van der Waals surface area contributed by atoms with E-state index < -0.39 is 7.40 Å². The van der Waals surface area contributed by atoms with Crippen LogP contribution in [0.25, 0.3) is 27.8 Å². The number of nitrogens with zero attached hydrogens (tertiary/aromatic N) is 3. The normalized spacial score (nSPS) is 11.3. The summed E-state index contributed by atoms with van der Waals surface area (Å²) < 4.78 is 29.2. The van der Waals surface area contributed by atoms with Crippen LogP contribution in [0, 0.1) is 0 Å². The highest BCUT2D eigenvalue weighted by Gasteiger charge is 2.21. The minimum absolute atomic E-state index is 0.510. The number of benzene rings is 1. The Bertz CT molecular complexity index is 909. The fraction of sp³-hybridized carbons (Fsp3) is 0. The summed E-state index contributed by atoms with van der Waals surface area (Å²) in [5, 5.41) is 0.782. The van der Waals surface area contributed by atoms with Gasteiger partial charge in [0.05, 0.1) is 5.69 Å². The van der Waals surface area contributed by atoms with E-state index in [0.29, 0.717) is 16.8 Å².